The number of carbonyl (C=O) groups excluding carboxylic acids is 1. The summed E-state index contributed by atoms with van der Waals surface area (Å²) >= 11 is 1.04. The van der Waals surface area contributed by atoms with Crippen LogP contribution in [0.1, 0.15) is 40.9 Å². The Bertz CT molecular complexity index is 537. The summed E-state index contributed by atoms with van der Waals surface area (Å²) in [5, 5.41) is 3.09. The fourth-order valence-electron chi connectivity index (χ4n) is 2.24. The normalized spacial score (nSPS) is 15.1. The molecule has 1 heterocycles. The molecule has 1 fully saturated rings. The SMILES string of the molecule is CCNC(=O)c1sc(N(C)CC(F)(F)F)c(C2CC2)c1N. The summed E-state index contributed by atoms with van der Waals surface area (Å²) < 4.78 is 37.7. The lowest BCUT2D eigenvalue weighted by molar-refractivity contribution is -0.119. The summed E-state index contributed by atoms with van der Waals surface area (Å²) in [6, 6.07) is 0. The first-order chi connectivity index (χ1) is 9.74. The van der Waals surface area contributed by atoms with Crippen molar-refractivity contribution in [2.24, 2.45) is 0 Å². The Labute approximate surface area is 125 Å². The number of carbonyl (C=O) groups is 1. The number of amides is 1. The number of alkyl halides is 3. The van der Waals surface area contributed by atoms with Gasteiger partial charge < -0.3 is 16.0 Å². The van der Waals surface area contributed by atoms with E-state index in [1.807, 2.05) is 0 Å². The number of hydrogen-bond donors (Lipinski definition) is 2. The second kappa shape index (κ2) is 5.75. The van der Waals surface area contributed by atoms with Crippen LogP contribution in [-0.4, -0.2) is 32.2 Å². The van der Waals surface area contributed by atoms with Crippen LogP contribution >= 0.6 is 11.3 Å². The fraction of sp³-hybridized carbons (Fsp3) is 0.615. The third-order valence-electron chi connectivity index (χ3n) is 3.26. The average molecular weight is 321 g/mol. The van der Waals surface area contributed by atoms with E-state index in [1.54, 1.807) is 6.92 Å². The van der Waals surface area contributed by atoms with E-state index < -0.39 is 12.7 Å². The van der Waals surface area contributed by atoms with Gasteiger partial charge in [0.05, 0.1) is 10.7 Å². The maximum absolute atomic E-state index is 12.6. The van der Waals surface area contributed by atoms with Crippen LogP contribution in [0.25, 0.3) is 0 Å². The molecular weight excluding hydrogens is 303 g/mol. The molecular formula is C13H18F3N3OS. The van der Waals surface area contributed by atoms with Crippen molar-refractivity contribution in [3.63, 3.8) is 0 Å². The van der Waals surface area contributed by atoms with Gasteiger partial charge in [0.1, 0.15) is 11.4 Å². The molecule has 118 valence electrons. The van der Waals surface area contributed by atoms with E-state index in [9.17, 15) is 18.0 Å². The van der Waals surface area contributed by atoms with Crippen molar-refractivity contribution in [2.75, 3.05) is 30.8 Å². The highest BCUT2D eigenvalue weighted by Gasteiger charge is 2.36. The molecule has 0 atom stereocenters. The van der Waals surface area contributed by atoms with Crippen LogP contribution in [0, 0.1) is 0 Å². The Morgan fingerprint density at radius 1 is 1.48 bits per heavy atom. The summed E-state index contributed by atoms with van der Waals surface area (Å²) in [6.07, 6.45) is -2.48. The van der Waals surface area contributed by atoms with Gasteiger partial charge in [0, 0.05) is 19.2 Å². The number of nitrogens with zero attached hydrogens (tertiary/aromatic N) is 1. The molecule has 0 radical (unpaired) electrons. The minimum atomic E-state index is -4.29. The van der Waals surface area contributed by atoms with Gasteiger partial charge in [-0.25, -0.2) is 0 Å². The van der Waals surface area contributed by atoms with Gasteiger partial charge in [-0.1, -0.05) is 0 Å². The van der Waals surface area contributed by atoms with Gasteiger partial charge in [0.2, 0.25) is 0 Å². The molecule has 3 N–H and O–H groups in total. The van der Waals surface area contributed by atoms with Crippen molar-refractivity contribution in [3.05, 3.63) is 10.4 Å². The Kier molecular flexibility index (Phi) is 4.36. The predicted molar refractivity (Wildman–Crippen MR) is 78.0 cm³/mol. The molecule has 4 nitrogen and oxygen atoms in total. The number of anilines is 2. The van der Waals surface area contributed by atoms with Crippen molar-refractivity contribution in [1.29, 1.82) is 0 Å². The second-order valence-electron chi connectivity index (χ2n) is 5.17. The number of halogens is 3. The Hall–Kier alpha value is -1.44. The van der Waals surface area contributed by atoms with Gasteiger partial charge in [0.25, 0.3) is 5.91 Å². The summed E-state index contributed by atoms with van der Waals surface area (Å²) in [5.41, 5.74) is 7.05. The molecule has 1 aliphatic rings. The number of nitrogens with two attached hydrogens (primary N) is 1. The number of nitrogens with one attached hydrogen (secondary N) is 1. The minimum Gasteiger partial charge on any atom is -0.397 e. The highest BCUT2D eigenvalue weighted by Crippen LogP contribution is 2.52. The standard InChI is InChI=1S/C13H18F3N3OS/c1-3-18-11(20)10-9(17)8(7-4-5-7)12(21-10)19(2)6-13(14,15)16/h7H,3-6,17H2,1-2H3,(H,18,20). The zero-order valence-electron chi connectivity index (χ0n) is 11.9. The highest BCUT2D eigenvalue weighted by molar-refractivity contribution is 7.18. The third kappa shape index (κ3) is 3.61. The largest absolute Gasteiger partial charge is 0.405 e. The van der Waals surface area contributed by atoms with Crippen LogP contribution in [0.4, 0.5) is 23.9 Å². The molecule has 0 bridgehead atoms. The second-order valence-corrected chi connectivity index (χ2v) is 6.17. The lowest BCUT2D eigenvalue weighted by Gasteiger charge is -2.20. The van der Waals surface area contributed by atoms with Crippen LogP contribution in [0.2, 0.25) is 0 Å². The number of nitrogen functional groups attached to an aromatic ring is 1. The van der Waals surface area contributed by atoms with Crippen molar-refractivity contribution in [1.82, 2.24) is 5.32 Å². The Morgan fingerprint density at radius 2 is 2.10 bits per heavy atom. The summed E-state index contributed by atoms with van der Waals surface area (Å²) in [4.78, 5) is 13.4. The van der Waals surface area contributed by atoms with Crippen molar-refractivity contribution in [3.8, 4) is 0 Å². The highest BCUT2D eigenvalue weighted by atomic mass is 32.1. The summed E-state index contributed by atoms with van der Waals surface area (Å²) in [7, 11) is 1.38. The first-order valence-electron chi connectivity index (χ1n) is 6.72. The number of hydrogen-bond acceptors (Lipinski definition) is 4. The molecule has 8 heteroatoms. The van der Waals surface area contributed by atoms with E-state index in [2.05, 4.69) is 5.32 Å². The molecule has 1 amide bonds. The van der Waals surface area contributed by atoms with Gasteiger partial charge in [0.15, 0.2) is 0 Å². The van der Waals surface area contributed by atoms with E-state index in [0.717, 1.165) is 29.1 Å². The third-order valence-corrected chi connectivity index (χ3v) is 4.59. The van der Waals surface area contributed by atoms with E-state index in [-0.39, 0.29) is 11.8 Å². The Morgan fingerprint density at radius 3 is 2.57 bits per heavy atom. The van der Waals surface area contributed by atoms with E-state index in [0.29, 0.717) is 27.7 Å². The molecule has 2 rings (SSSR count). The van der Waals surface area contributed by atoms with Crippen molar-refractivity contribution in [2.45, 2.75) is 31.9 Å². The molecule has 0 spiro atoms. The average Bonchev–Trinajstić information content (AvgIpc) is 3.11. The van der Waals surface area contributed by atoms with Crippen molar-refractivity contribution < 1.29 is 18.0 Å². The molecule has 0 aromatic carbocycles. The van der Waals surface area contributed by atoms with Crippen LogP contribution < -0.4 is 16.0 Å². The first-order valence-corrected chi connectivity index (χ1v) is 7.54. The smallest absolute Gasteiger partial charge is 0.397 e. The molecule has 0 saturated heterocycles. The van der Waals surface area contributed by atoms with E-state index >= 15 is 0 Å². The van der Waals surface area contributed by atoms with Gasteiger partial charge in [-0.05, 0) is 25.7 Å². The molecule has 1 aromatic heterocycles. The zero-order valence-corrected chi connectivity index (χ0v) is 12.7. The maximum atomic E-state index is 12.6. The fourth-order valence-corrected chi connectivity index (χ4v) is 3.43. The van der Waals surface area contributed by atoms with Crippen LogP contribution in [0.5, 0.6) is 0 Å². The molecule has 1 aliphatic carbocycles. The van der Waals surface area contributed by atoms with Gasteiger partial charge in [-0.2, -0.15) is 13.2 Å². The monoisotopic (exact) mass is 321 g/mol. The molecule has 21 heavy (non-hydrogen) atoms. The van der Waals surface area contributed by atoms with Gasteiger partial charge >= 0.3 is 6.18 Å². The molecule has 0 unspecified atom stereocenters. The van der Waals surface area contributed by atoms with Gasteiger partial charge in [-0.15, -0.1) is 11.3 Å². The van der Waals surface area contributed by atoms with Crippen molar-refractivity contribution >= 4 is 27.9 Å². The molecule has 1 aromatic rings. The summed E-state index contributed by atoms with van der Waals surface area (Å²) in [5.74, 6) is -0.149. The van der Waals surface area contributed by atoms with Gasteiger partial charge in [-0.3, -0.25) is 4.79 Å². The molecule has 1 saturated carbocycles. The maximum Gasteiger partial charge on any atom is 0.405 e. The summed E-state index contributed by atoms with van der Waals surface area (Å²) in [6.45, 7) is 1.17. The lowest BCUT2D eigenvalue weighted by Crippen LogP contribution is -2.30. The number of thiophene rings is 1. The van der Waals surface area contributed by atoms with E-state index in [1.165, 1.54) is 7.05 Å². The van der Waals surface area contributed by atoms with Crippen LogP contribution in [-0.2, 0) is 0 Å². The predicted octanol–water partition coefficient (Wildman–Crippen LogP) is 2.96. The first kappa shape index (κ1) is 15.9. The number of rotatable bonds is 5. The minimum absolute atomic E-state index is 0.176. The zero-order chi connectivity index (χ0) is 15.8. The Balaban J connectivity index is 2.35. The van der Waals surface area contributed by atoms with E-state index in [4.69, 9.17) is 5.73 Å². The lowest BCUT2D eigenvalue weighted by atomic mass is 10.1. The quantitative estimate of drug-likeness (QED) is 0.876. The van der Waals surface area contributed by atoms with Crippen LogP contribution in [0.3, 0.4) is 0 Å². The topological polar surface area (TPSA) is 58.4 Å². The molecule has 0 aliphatic heterocycles. The van der Waals surface area contributed by atoms with Crippen LogP contribution in [0.15, 0.2) is 0 Å².